The zero-order valence-electron chi connectivity index (χ0n) is 14.1. The third-order valence-corrected chi connectivity index (χ3v) is 5.41. The van der Waals surface area contributed by atoms with E-state index < -0.39 is 0 Å². The minimum Gasteiger partial charge on any atom is -0.450 e. The number of fused-ring (bicyclic) bond motifs is 3. The Bertz CT molecular complexity index is 911. The first-order chi connectivity index (χ1) is 12.3. The fourth-order valence-corrected chi connectivity index (χ4v) is 4.08. The molecule has 1 amide bonds. The highest BCUT2D eigenvalue weighted by molar-refractivity contribution is 7.10. The molecule has 4 nitrogen and oxygen atoms in total. The number of nitrogens with one attached hydrogen (secondary N) is 1. The third kappa shape index (κ3) is 2.96. The minimum atomic E-state index is -0.257. The number of hydrogen-bond donors (Lipinski definition) is 1. The van der Waals surface area contributed by atoms with Crippen LogP contribution in [0.5, 0.6) is 0 Å². The van der Waals surface area contributed by atoms with Crippen molar-refractivity contribution < 1.29 is 9.53 Å². The molecule has 1 aromatic carbocycles. The number of aromatic nitrogens is 1. The van der Waals surface area contributed by atoms with Gasteiger partial charge in [-0.3, -0.25) is 4.90 Å². The smallest absolute Gasteiger partial charge is 0.410 e. The van der Waals surface area contributed by atoms with E-state index in [-0.39, 0.29) is 12.1 Å². The van der Waals surface area contributed by atoms with Crippen LogP contribution in [0.1, 0.15) is 29.1 Å². The number of hydrogen-bond acceptors (Lipinski definition) is 3. The number of carbonyl (C=O) groups excluding carboxylic acids is 1. The van der Waals surface area contributed by atoms with Crippen molar-refractivity contribution >= 4 is 34.4 Å². The lowest BCUT2D eigenvalue weighted by atomic mass is 9.97. The molecule has 0 aliphatic carbocycles. The van der Waals surface area contributed by atoms with E-state index in [4.69, 9.17) is 4.74 Å². The summed E-state index contributed by atoms with van der Waals surface area (Å²) in [5.41, 5.74) is 3.51. The quantitative estimate of drug-likeness (QED) is 0.721. The molecule has 2 aromatic heterocycles. The molecule has 0 saturated carbocycles. The van der Waals surface area contributed by atoms with Crippen molar-refractivity contribution in [2.45, 2.75) is 19.4 Å². The average Bonchev–Trinajstić information content (AvgIpc) is 3.27. The topological polar surface area (TPSA) is 45.3 Å². The van der Waals surface area contributed by atoms with Gasteiger partial charge in [0.25, 0.3) is 0 Å². The predicted molar refractivity (Wildman–Crippen MR) is 102 cm³/mol. The standard InChI is InChI=1S/C20H20N2O2S/c1-2-24-20(23)22-12-11-16-15-7-3-4-8-17(15)21-19(16)18(22)10-9-14-6-5-13-25-14/h3-10,13,18,21H,2,11-12H2,1H3/b10-9+/t18-/m1/s1. The molecule has 0 spiro atoms. The van der Waals surface area contributed by atoms with E-state index >= 15 is 0 Å². The molecule has 1 N–H and O–H groups in total. The Morgan fingerprint density at radius 3 is 3.04 bits per heavy atom. The Balaban J connectivity index is 1.77. The molecule has 4 rings (SSSR count). The fourth-order valence-electron chi connectivity index (χ4n) is 3.45. The van der Waals surface area contributed by atoms with Crippen LogP contribution in [0.2, 0.25) is 0 Å². The SMILES string of the molecule is CCOC(=O)N1CCc2c([nH]c3ccccc23)[C@H]1/C=C/c1cccs1. The van der Waals surface area contributed by atoms with Crippen molar-refractivity contribution in [3.8, 4) is 0 Å². The normalized spacial score (nSPS) is 17.2. The molecule has 3 aromatic rings. The highest BCUT2D eigenvalue weighted by Crippen LogP contribution is 2.36. The van der Waals surface area contributed by atoms with Crippen molar-refractivity contribution in [3.05, 3.63) is 64.0 Å². The van der Waals surface area contributed by atoms with Gasteiger partial charge < -0.3 is 9.72 Å². The van der Waals surface area contributed by atoms with E-state index in [9.17, 15) is 4.79 Å². The molecule has 0 radical (unpaired) electrons. The molecule has 1 atom stereocenters. The molecule has 5 heteroatoms. The van der Waals surface area contributed by atoms with Gasteiger partial charge in [-0.2, -0.15) is 0 Å². The number of amides is 1. The van der Waals surface area contributed by atoms with E-state index in [2.05, 4.69) is 46.8 Å². The monoisotopic (exact) mass is 352 g/mol. The van der Waals surface area contributed by atoms with Crippen LogP contribution < -0.4 is 0 Å². The lowest BCUT2D eigenvalue weighted by Gasteiger charge is -2.33. The molecule has 25 heavy (non-hydrogen) atoms. The second kappa shape index (κ2) is 6.76. The number of carbonyl (C=O) groups is 1. The molecule has 1 aliphatic rings. The Hall–Kier alpha value is -2.53. The number of H-pyrrole nitrogens is 1. The van der Waals surface area contributed by atoms with Gasteiger partial charge in [-0.1, -0.05) is 30.3 Å². The highest BCUT2D eigenvalue weighted by Gasteiger charge is 2.32. The van der Waals surface area contributed by atoms with Gasteiger partial charge in [-0.05, 0) is 42.5 Å². The van der Waals surface area contributed by atoms with Crippen molar-refractivity contribution in [3.63, 3.8) is 0 Å². The van der Waals surface area contributed by atoms with Crippen molar-refractivity contribution in [2.75, 3.05) is 13.2 Å². The summed E-state index contributed by atoms with van der Waals surface area (Å²) in [6, 6.07) is 12.3. The van der Waals surface area contributed by atoms with Gasteiger partial charge in [-0.15, -0.1) is 11.3 Å². The second-order valence-electron chi connectivity index (χ2n) is 6.02. The van der Waals surface area contributed by atoms with Crippen LogP contribution in [-0.2, 0) is 11.2 Å². The lowest BCUT2D eigenvalue weighted by molar-refractivity contribution is 0.0946. The third-order valence-electron chi connectivity index (χ3n) is 4.57. The molecule has 0 saturated heterocycles. The number of nitrogens with zero attached hydrogens (tertiary/aromatic N) is 1. The van der Waals surface area contributed by atoms with Crippen LogP contribution in [0.4, 0.5) is 4.79 Å². The van der Waals surface area contributed by atoms with Gasteiger partial charge in [-0.25, -0.2) is 4.79 Å². The van der Waals surface area contributed by atoms with Gasteiger partial charge in [0.2, 0.25) is 0 Å². The summed E-state index contributed by atoms with van der Waals surface area (Å²) >= 11 is 1.69. The number of benzene rings is 1. The summed E-state index contributed by atoms with van der Waals surface area (Å²) in [5, 5.41) is 3.30. The molecule has 0 fully saturated rings. The van der Waals surface area contributed by atoms with Gasteiger partial charge in [0.15, 0.2) is 0 Å². The number of ether oxygens (including phenoxy) is 1. The summed E-state index contributed by atoms with van der Waals surface area (Å²) in [7, 11) is 0. The molecular formula is C20H20N2O2S. The minimum absolute atomic E-state index is 0.141. The van der Waals surface area contributed by atoms with Crippen LogP contribution >= 0.6 is 11.3 Å². The molecule has 1 aliphatic heterocycles. The molecule has 0 unspecified atom stereocenters. The van der Waals surface area contributed by atoms with Gasteiger partial charge in [0.1, 0.15) is 0 Å². The Labute approximate surface area is 150 Å². The Morgan fingerprint density at radius 2 is 2.24 bits per heavy atom. The fraction of sp³-hybridized carbons (Fsp3) is 0.250. The maximum atomic E-state index is 12.5. The first kappa shape index (κ1) is 16.0. The van der Waals surface area contributed by atoms with E-state index in [0.29, 0.717) is 13.2 Å². The van der Waals surface area contributed by atoms with E-state index in [1.54, 1.807) is 11.3 Å². The second-order valence-corrected chi connectivity index (χ2v) is 7.00. The van der Waals surface area contributed by atoms with Crippen LogP contribution in [-0.4, -0.2) is 29.1 Å². The van der Waals surface area contributed by atoms with Gasteiger partial charge >= 0.3 is 6.09 Å². The summed E-state index contributed by atoms with van der Waals surface area (Å²) in [6.45, 7) is 2.89. The lowest BCUT2D eigenvalue weighted by Crippen LogP contribution is -2.39. The van der Waals surface area contributed by atoms with E-state index in [1.807, 2.05) is 24.0 Å². The highest BCUT2D eigenvalue weighted by atomic mass is 32.1. The van der Waals surface area contributed by atoms with Crippen LogP contribution in [0, 0.1) is 0 Å². The van der Waals surface area contributed by atoms with Crippen LogP contribution in [0.25, 0.3) is 17.0 Å². The zero-order valence-corrected chi connectivity index (χ0v) is 14.9. The molecule has 3 heterocycles. The number of aromatic amines is 1. The maximum absolute atomic E-state index is 12.5. The number of thiophene rings is 1. The summed E-state index contributed by atoms with van der Waals surface area (Å²) < 4.78 is 5.28. The zero-order chi connectivity index (χ0) is 17.2. The average molecular weight is 352 g/mol. The molecule has 0 bridgehead atoms. The van der Waals surface area contributed by atoms with Gasteiger partial charge in [0, 0.05) is 28.0 Å². The molecular weight excluding hydrogens is 332 g/mol. The predicted octanol–water partition coefficient (Wildman–Crippen LogP) is 5.00. The number of para-hydroxylation sites is 1. The summed E-state index contributed by atoms with van der Waals surface area (Å²) in [5.74, 6) is 0. The van der Waals surface area contributed by atoms with Crippen molar-refractivity contribution in [2.24, 2.45) is 0 Å². The van der Waals surface area contributed by atoms with Crippen LogP contribution in [0.15, 0.2) is 47.9 Å². The van der Waals surface area contributed by atoms with Gasteiger partial charge in [0.05, 0.1) is 12.6 Å². The van der Waals surface area contributed by atoms with E-state index in [0.717, 1.165) is 17.6 Å². The Morgan fingerprint density at radius 1 is 1.36 bits per heavy atom. The van der Waals surface area contributed by atoms with Crippen LogP contribution in [0.3, 0.4) is 0 Å². The Kier molecular flexibility index (Phi) is 4.32. The van der Waals surface area contributed by atoms with E-state index in [1.165, 1.54) is 15.8 Å². The molecule has 128 valence electrons. The van der Waals surface area contributed by atoms with Crippen molar-refractivity contribution in [1.82, 2.24) is 9.88 Å². The first-order valence-electron chi connectivity index (χ1n) is 8.52. The number of rotatable bonds is 3. The maximum Gasteiger partial charge on any atom is 0.410 e. The summed E-state index contributed by atoms with van der Waals surface area (Å²) in [6.07, 6.45) is 4.76. The van der Waals surface area contributed by atoms with Crippen molar-refractivity contribution in [1.29, 1.82) is 0 Å². The first-order valence-corrected chi connectivity index (χ1v) is 9.40. The largest absolute Gasteiger partial charge is 0.450 e. The summed E-state index contributed by atoms with van der Waals surface area (Å²) in [4.78, 5) is 19.0.